The van der Waals surface area contributed by atoms with Crippen molar-refractivity contribution in [1.82, 2.24) is 5.32 Å². The van der Waals surface area contributed by atoms with Crippen molar-refractivity contribution in [3.05, 3.63) is 12.2 Å². The van der Waals surface area contributed by atoms with Gasteiger partial charge >= 0.3 is 0 Å². The van der Waals surface area contributed by atoms with Gasteiger partial charge in [-0.1, -0.05) is 32.3 Å². The second-order valence-electron chi connectivity index (χ2n) is 5.51. The maximum atomic E-state index is 4.00. The minimum Gasteiger partial charge on any atom is -0.314 e. The van der Waals surface area contributed by atoms with Crippen molar-refractivity contribution in [2.75, 3.05) is 6.54 Å². The highest BCUT2D eigenvalue weighted by molar-refractivity contribution is 4.90. The first-order valence-corrected chi connectivity index (χ1v) is 6.47. The van der Waals surface area contributed by atoms with Crippen molar-refractivity contribution < 1.29 is 0 Å². The maximum absolute atomic E-state index is 4.00. The molecule has 0 saturated heterocycles. The van der Waals surface area contributed by atoms with Gasteiger partial charge in [0.2, 0.25) is 0 Å². The first-order valence-electron chi connectivity index (χ1n) is 6.47. The van der Waals surface area contributed by atoms with Crippen LogP contribution in [-0.2, 0) is 0 Å². The van der Waals surface area contributed by atoms with Gasteiger partial charge in [-0.3, -0.25) is 0 Å². The molecule has 0 radical (unpaired) electrons. The summed E-state index contributed by atoms with van der Waals surface area (Å²) < 4.78 is 0. The Morgan fingerprint density at radius 2 is 2.00 bits per heavy atom. The van der Waals surface area contributed by atoms with E-state index in [4.69, 9.17) is 0 Å². The van der Waals surface area contributed by atoms with Crippen LogP contribution in [0.25, 0.3) is 0 Å². The fourth-order valence-corrected chi connectivity index (χ4v) is 2.58. The van der Waals surface area contributed by atoms with E-state index in [0.29, 0.717) is 6.04 Å². The average Bonchev–Trinajstić information content (AvgIpc) is 2.58. The van der Waals surface area contributed by atoms with Crippen LogP contribution < -0.4 is 5.32 Å². The van der Waals surface area contributed by atoms with Crippen LogP contribution in [0.15, 0.2) is 12.2 Å². The van der Waals surface area contributed by atoms with Crippen molar-refractivity contribution in [2.45, 2.75) is 58.9 Å². The van der Waals surface area contributed by atoms with E-state index in [-0.39, 0.29) is 0 Å². The van der Waals surface area contributed by atoms with Gasteiger partial charge in [0.25, 0.3) is 0 Å². The Morgan fingerprint density at radius 1 is 1.33 bits per heavy atom. The summed E-state index contributed by atoms with van der Waals surface area (Å²) in [5.74, 6) is 1.87. The summed E-state index contributed by atoms with van der Waals surface area (Å²) in [6, 6.07) is 0.632. The Kier molecular flexibility index (Phi) is 5.38. The second kappa shape index (κ2) is 6.32. The normalized spacial score (nSPS) is 26.1. The molecule has 1 rings (SSSR count). The van der Waals surface area contributed by atoms with Gasteiger partial charge < -0.3 is 5.32 Å². The lowest BCUT2D eigenvalue weighted by molar-refractivity contribution is 0.338. The molecule has 2 unspecified atom stereocenters. The highest BCUT2D eigenvalue weighted by atomic mass is 14.9. The van der Waals surface area contributed by atoms with Gasteiger partial charge in [0.05, 0.1) is 0 Å². The van der Waals surface area contributed by atoms with E-state index in [1.54, 1.807) is 0 Å². The van der Waals surface area contributed by atoms with Crippen LogP contribution in [0.5, 0.6) is 0 Å². The molecule has 0 spiro atoms. The number of nitrogens with one attached hydrogen (secondary N) is 1. The number of hydrogen-bond donors (Lipinski definition) is 1. The lowest BCUT2D eigenvalue weighted by atomic mass is 9.90. The molecule has 0 amide bonds. The van der Waals surface area contributed by atoms with E-state index in [0.717, 1.165) is 11.8 Å². The van der Waals surface area contributed by atoms with E-state index in [2.05, 4.69) is 32.7 Å². The van der Waals surface area contributed by atoms with Gasteiger partial charge in [-0.25, -0.2) is 0 Å². The van der Waals surface area contributed by atoms with Gasteiger partial charge in [0, 0.05) is 6.04 Å². The third-order valence-corrected chi connectivity index (χ3v) is 3.55. The fraction of sp³-hybridized carbons (Fsp3) is 0.857. The van der Waals surface area contributed by atoms with Gasteiger partial charge in [0.1, 0.15) is 0 Å². The fourth-order valence-electron chi connectivity index (χ4n) is 2.58. The van der Waals surface area contributed by atoms with Gasteiger partial charge in [0.15, 0.2) is 0 Å². The summed E-state index contributed by atoms with van der Waals surface area (Å²) in [6.07, 6.45) is 6.90. The predicted molar refractivity (Wildman–Crippen MR) is 68.0 cm³/mol. The van der Waals surface area contributed by atoms with Crippen LogP contribution in [0.1, 0.15) is 52.9 Å². The number of hydrogen-bond acceptors (Lipinski definition) is 1. The summed E-state index contributed by atoms with van der Waals surface area (Å²) >= 11 is 0. The highest BCUT2D eigenvalue weighted by Crippen LogP contribution is 2.35. The summed E-state index contributed by atoms with van der Waals surface area (Å²) in [5.41, 5.74) is 1.34. The molecule has 1 N–H and O–H groups in total. The van der Waals surface area contributed by atoms with Crippen LogP contribution in [-0.4, -0.2) is 12.6 Å². The average molecular weight is 209 g/mol. The molecular formula is C14H27N. The SMILES string of the molecule is C=C(C)CCC1CCCC1CNC(C)C. The topological polar surface area (TPSA) is 12.0 Å². The summed E-state index contributed by atoms with van der Waals surface area (Å²) in [6.45, 7) is 11.8. The summed E-state index contributed by atoms with van der Waals surface area (Å²) in [5, 5.41) is 3.58. The van der Waals surface area contributed by atoms with E-state index < -0.39 is 0 Å². The zero-order valence-electron chi connectivity index (χ0n) is 10.7. The third-order valence-electron chi connectivity index (χ3n) is 3.55. The summed E-state index contributed by atoms with van der Waals surface area (Å²) in [4.78, 5) is 0. The van der Waals surface area contributed by atoms with Crippen molar-refractivity contribution >= 4 is 0 Å². The van der Waals surface area contributed by atoms with Gasteiger partial charge in [-0.2, -0.15) is 0 Å². The predicted octanol–water partition coefficient (Wildman–Crippen LogP) is 3.76. The molecule has 0 heterocycles. The smallest absolute Gasteiger partial charge is 0.00104 e. The molecule has 1 aliphatic carbocycles. The molecule has 0 bridgehead atoms. The first kappa shape index (κ1) is 12.8. The van der Waals surface area contributed by atoms with Crippen LogP contribution >= 0.6 is 0 Å². The molecule has 1 fully saturated rings. The van der Waals surface area contributed by atoms with E-state index in [9.17, 15) is 0 Å². The molecule has 0 aromatic heterocycles. The Labute approximate surface area is 95.3 Å². The minimum atomic E-state index is 0.632. The van der Waals surface area contributed by atoms with Crippen molar-refractivity contribution in [2.24, 2.45) is 11.8 Å². The van der Waals surface area contributed by atoms with Crippen molar-refractivity contribution in [3.63, 3.8) is 0 Å². The van der Waals surface area contributed by atoms with E-state index in [1.807, 2.05) is 0 Å². The van der Waals surface area contributed by atoms with Crippen molar-refractivity contribution in [1.29, 1.82) is 0 Å². The molecule has 0 aliphatic heterocycles. The van der Waals surface area contributed by atoms with Gasteiger partial charge in [-0.05, 0) is 44.6 Å². The van der Waals surface area contributed by atoms with E-state index in [1.165, 1.54) is 44.2 Å². The lowest BCUT2D eigenvalue weighted by Gasteiger charge is -2.21. The van der Waals surface area contributed by atoms with Crippen LogP contribution in [0.2, 0.25) is 0 Å². The number of rotatable bonds is 6. The van der Waals surface area contributed by atoms with Crippen LogP contribution in [0.3, 0.4) is 0 Å². The minimum absolute atomic E-state index is 0.632. The molecule has 15 heavy (non-hydrogen) atoms. The summed E-state index contributed by atoms with van der Waals surface area (Å²) in [7, 11) is 0. The molecule has 0 aromatic rings. The standard InChI is InChI=1S/C14H27N/c1-11(2)8-9-13-6-5-7-14(13)10-15-12(3)4/h12-15H,1,5-10H2,2-4H3. The monoisotopic (exact) mass is 209 g/mol. The zero-order chi connectivity index (χ0) is 11.3. The Hall–Kier alpha value is -0.300. The molecule has 2 atom stereocenters. The molecule has 1 nitrogen and oxygen atoms in total. The van der Waals surface area contributed by atoms with Crippen molar-refractivity contribution in [3.8, 4) is 0 Å². The lowest BCUT2D eigenvalue weighted by Crippen LogP contribution is -2.30. The molecule has 1 heteroatoms. The maximum Gasteiger partial charge on any atom is 0.00104 e. The van der Waals surface area contributed by atoms with Gasteiger partial charge in [-0.15, -0.1) is 6.58 Å². The largest absolute Gasteiger partial charge is 0.314 e. The zero-order valence-corrected chi connectivity index (χ0v) is 10.7. The first-order chi connectivity index (χ1) is 7.09. The molecule has 1 aliphatic rings. The third kappa shape index (κ3) is 4.83. The van der Waals surface area contributed by atoms with E-state index >= 15 is 0 Å². The van der Waals surface area contributed by atoms with Crippen LogP contribution in [0.4, 0.5) is 0 Å². The van der Waals surface area contributed by atoms with Crippen LogP contribution in [0, 0.1) is 11.8 Å². The molecular weight excluding hydrogens is 182 g/mol. The number of allylic oxidation sites excluding steroid dienone is 1. The Balaban J connectivity index is 2.26. The second-order valence-corrected chi connectivity index (χ2v) is 5.51. The Bertz CT molecular complexity index is 196. The molecule has 1 saturated carbocycles. The molecule has 0 aromatic carbocycles. The highest BCUT2D eigenvalue weighted by Gasteiger charge is 2.26. The quantitative estimate of drug-likeness (QED) is 0.657. The Morgan fingerprint density at radius 3 is 2.60 bits per heavy atom. The molecule has 88 valence electrons.